The highest BCUT2D eigenvalue weighted by Crippen LogP contribution is 2.24. The Bertz CT molecular complexity index is 563. The van der Waals surface area contributed by atoms with Crippen molar-refractivity contribution < 1.29 is 9.90 Å². The van der Waals surface area contributed by atoms with Crippen LogP contribution in [0.5, 0.6) is 0 Å². The number of aryl methyl sites for hydroxylation is 2. The molecule has 90 valence electrons. The molecule has 1 heterocycles. The zero-order valence-corrected chi connectivity index (χ0v) is 10.2. The van der Waals surface area contributed by atoms with Crippen molar-refractivity contribution in [1.82, 2.24) is 9.55 Å². The maximum Gasteiger partial charge on any atom is 0.303 e. The number of hydrogen-bond acceptors (Lipinski definition) is 2. The summed E-state index contributed by atoms with van der Waals surface area (Å²) in [6.45, 7) is 0. The minimum absolute atomic E-state index is 0.164. The number of aromatic nitrogens is 2. The maximum absolute atomic E-state index is 10.5. The van der Waals surface area contributed by atoms with Gasteiger partial charge in [0, 0.05) is 19.9 Å². The van der Waals surface area contributed by atoms with Crippen LogP contribution in [0.15, 0.2) is 18.2 Å². The molecular formula is C12H13ClN2O2. The predicted octanol–water partition coefficient (Wildman–Crippen LogP) is 2.63. The van der Waals surface area contributed by atoms with E-state index in [1.54, 1.807) is 0 Å². The van der Waals surface area contributed by atoms with Crippen LogP contribution in [0.1, 0.15) is 18.7 Å². The van der Waals surface area contributed by atoms with Gasteiger partial charge in [-0.05, 0) is 18.6 Å². The summed E-state index contributed by atoms with van der Waals surface area (Å²) >= 11 is 6.11. The number of benzene rings is 1. The molecule has 1 N–H and O–H groups in total. The second-order valence-electron chi connectivity index (χ2n) is 3.94. The van der Waals surface area contributed by atoms with Crippen LogP contribution >= 0.6 is 11.6 Å². The van der Waals surface area contributed by atoms with Crippen LogP contribution < -0.4 is 0 Å². The van der Waals surface area contributed by atoms with Crippen LogP contribution in [-0.2, 0) is 18.3 Å². The number of carboxylic acid groups (broad SMARTS) is 1. The fraction of sp³-hybridized carbons (Fsp3) is 0.333. The van der Waals surface area contributed by atoms with E-state index in [1.165, 1.54) is 0 Å². The average Bonchev–Trinajstić information content (AvgIpc) is 2.57. The van der Waals surface area contributed by atoms with Crippen molar-refractivity contribution in [2.24, 2.45) is 7.05 Å². The molecule has 0 spiro atoms. The number of fused-ring (bicyclic) bond motifs is 1. The Labute approximate surface area is 104 Å². The van der Waals surface area contributed by atoms with Crippen LogP contribution in [0.25, 0.3) is 11.0 Å². The summed E-state index contributed by atoms with van der Waals surface area (Å²) < 4.78 is 1.93. The van der Waals surface area contributed by atoms with Gasteiger partial charge in [0.15, 0.2) is 0 Å². The highest BCUT2D eigenvalue weighted by Gasteiger charge is 2.10. The fourth-order valence-corrected chi connectivity index (χ4v) is 2.19. The van der Waals surface area contributed by atoms with Crippen LogP contribution in [-0.4, -0.2) is 20.6 Å². The van der Waals surface area contributed by atoms with Crippen LogP contribution in [0.4, 0.5) is 0 Å². The monoisotopic (exact) mass is 252 g/mol. The molecule has 0 bridgehead atoms. The Morgan fingerprint density at radius 3 is 2.94 bits per heavy atom. The molecule has 0 atom stereocenters. The normalized spacial score (nSPS) is 10.9. The Hall–Kier alpha value is -1.55. The SMILES string of the molecule is Cn1c(CCCC(=O)O)nc2cccc(Cl)c21. The first-order chi connectivity index (χ1) is 8.09. The minimum Gasteiger partial charge on any atom is -0.481 e. The second kappa shape index (κ2) is 4.75. The van der Waals surface area contributed by atoms with Crippen molar-refractivity contribution in [2.75, 3.05) is 0 Å². The van der Waals surface area contributed by atoms with Crippen LogP contribution in [0, 0.1) is 0 Å². The van der Waals surface area contributed by atoms with Crippen molar-refractivity contribution in [3.8, 4) is 0 Å². The van der Waals surface area contributed by atoms with Gasteiger partial charge in [-0.1, -0.05) is 17.7 Å². The predicted molar refractivity (Wildman–Crippen MR) is 66.3 cm³/mol. The molecule has 0 aliphatic carbocycles. The molecule has 0 saturated carbocycles. The molecule has 1 aromatic heterocycles. The summed E-state index contributed by atoms with van der Waals surface area (Å²) in [6, 6.07) is 5.59. The van der Waals surface area contributed by atoms with Gasteiger partial charge in [-0.3, -0.25) is 4.79 Å². The lowest BCUT2D eigenvalue weighted by molar-refractivity contribution is -0.137. The molecule has 0 aliphatic rings. The summed E-state index contributed by atoms with van der Waals surface area (Å²) in [5.74, 6) is 0.0937. The molecule has 2 rings (SSSR count). The van der Waals surface area contributed by atoms with E-state index >= 15 is 0 Å². The molecule has 0 unspecified atom stereocenters. The number of carboxylic acids is 1. The van der Waals surface area contributed by atoms with Crippen molar-refractivity contribution >= 4 is 28.6 Å². The second-order valence-corrected chi connectivity index (χ2v) is 4.35. The maximum atomic E-state index is 10.5. The topological polar surface area (TPSA) is 55.1 Å². The van der Waals surface area contributed by atoms with Gasteiger partial charge < -0.3 is 9.67 Å². The van der Waals surface area contributed by atoms with E-state index in [0.29, 0.717) is 17.9 Å². The van der Waals surface area contributed by atoms with Crippen LogP contribution in [0.2, 0.25) is 5.02 Å². The molecule has 5 heteroatoms. The Kier molecular flexibility index (Phi) is 3.33. The van der Waals surface area contributed by atoms with E-state index in [-0.39, 0.29) is 6.42 Å². The third-order valence-corrected chi connectivity index (χ3v) is 3.03. The minimum atomic E-state index is -0.776. The number of nitrogens with zero attached hydrogens (tertiary/aromatic N) is 2. The Balaban J connectivity index is 2.27. The van der Waals surface area contributed by atoms with Gasteiger partial charge in [-0.15, -0.1) is 0 Å². The summed E-state index contributed by atoms with van der Waals surface area (Å²) in [4.78, 5) is 14.9. The largest absolute Gasteiger partial charge is 0.481 e. The van der Waals surface area contributed by atoms with Gasteiger partial charge in [-0.2, -0.15) is 0 Å². The van der Waals surface area contributed by atoms with Gasteiger partial charge in [0.25, 0.3) is 0 Å². The summed E-state index contributed by atoms with van der Waals surface area (Å²) in [6.07, 6.45) is 1.40. The van der Waals surface area contributed by atoms with E-state index in [9.17, 15) is 4.79 Å². The van der Waals surface area contributed by atoms with E-state index < -0.39 is 5.97 Å². The van der Waals surface area contributed by atoms with Crippen molar-refractivity contribution in [3.63, 3.8) is 0 Å². The summed E-state index contributed by atoms with van der Waals surface area (Å²) in [5.41, 5.74) is 1.75. The molecule has 0 amide bonds. The third-order valence-electron chi connectivity index (χ3n) is 2.73. The van der Waals surface area contributed by atoms with Crippen molar-refractivity contribution in [2.45, 2.75) is 19.3 Å². The van der Waals surface area contributed by atoms with Gasteiger partial charge in [-0.25, -0.2) is 4.98 Å². The highest BCUT2D eigenvalue weighted by molar-refractivity contribution is 6.35. The number of halogens is 1. The molecule has 0 saturated heterocycles. The number of imidazole rings is 1. The quantitative estimate of drug-likeness (QED) is 0.910. The zero-order valence-electron chi connectivity index (χ0n) is 9.48. The van der Waals surface area contributed by atoms with Crippen molar-refractivity contribution in [1.29, 1.82) is 0 Å². The number of para-hydroxylation sites is 1. The van der Waals surface area contributed by atoms with Gasteiger partial charge in [0.1, 0.15) is 5.82 Å². The third kappa shape index (κ3) is 2.42. The molecular weight excluding hydrogens is 240 g/mol. The first-order valence-corrected chi connectivity index (χ1v) is 5.79. The number of carbonyl (C=O) groups is 1. The molecule has 0 radical (unpaired) electrons. The number of rotatable bonds is 4. The molecule has 1 aromatic carbocycles. The van der Waals surface area contributed by atoms with Crippen LogP contribution in [0.3, 0.4) is 0 Å². The first kappa shape index (κ1) is 11.9. The molecule has 0 aliphatic heterocycles. The molecule has 17 heavy (non-hydrogen) atoms. The smallest absolute Gasteiger partial charge is 0.303 e. The number of hydrogen-bond donors (Lipinski definition) is 1. The first-order valence-electron chi connectivity index (χ1n) is 5.41. The molecule has 0 fully saturated rings. The Morgan fingerprint density at radius 1 is 1.53 bits per heavy atom. The van der Waals surface area contributed by atoms with Gasteiger partial charge in [0.05, 0.1) is 16.1 Å². The standard InChI is InChI=1S/C12H13ClN2O2/c1-15-10(6-3-7-11(16)17)14-9-5-2-4-8(13)12(9)15/h2,4-5H,3,6-7H2,1H3,(H,16,17). The average molecular weight is 253 g/mol. The zero-order chi connectivity index (χ0) is 12.4. The van der Waals surface area contributed by atoms with E-state index in [2.05, 4.69) is 4.98 Å². The van der Waals surface area contributed by atoms with E-state index in [0.717, 1.165) is 16.9 Å². The van der Waals surface area contributed by atoms with E-state index in [1.807, 2.05) is 29.8 Å². The van der Waals surface area contributed by atoms with E-state index in [4.69, 9.17) is 16.7 Å². The highest BCUT2D eigenvalue weighted by atomic mass is 35.5. The lowest BCUT2D eigenvalue weighted by Crippen LogP contribution is -2.01. The summed E-state index contributed by atoms with van der Waals surface area (Å²) in [7, 11) is 1.90. The van der Waals surface area contributed by atoms with Crippen molar-refractivity contribution in [3.05, 3.63) is 29.0 Å². The molecule has 2 aromatic rings. The van der Waals surface area contributed by atoms with Gasteiger partial charge >= 0.3 is 5.97 Å². The molecule has 4 nitrogen and oxygen atoms in total. The Morgan fingerprint density at radius 2 is 2.29 bits per heavy atom. The lowest BCUT2D eigenvalue weighted by Gasteiger charge is -2.01. The van der Waals surface area contributed by atoms with Gasteiger partial charge in [0.2, 0.25) is 0 Å². The number of aliphatic carboxylic acids is 1. The lowest BCUT2D eigenvalue weighted by atomic mass is 10.2. The fourth-order valence-electron chi connectivity index (χ4n) is 1.89. The summed E-state index contributed by atoms with van der Waals surface area (Å²) in [5, 5.41) is 9.26.